The topological polar surface area (TPSA) is 150 Å². The van der Waals surface area contributed by atoms with Crippen LogP contribution in [0.25, 0.3) is 27.7 Å². The number of rotatable bonds is 8. The third-order valence-corrected chi connectivity index (χ3v) is 12.5. The Balaban J connectivity index is 0.764. The Morgan fingerprint density at radius 2 is 1.68 bits per heavy atom. The van der Waals surface area contributed by atoms with Gasteiger partial charge in [-0.3, -0.25) is 29.2 Å². The largest absolute Gasteiger partial charge is 0.371 e. The number of aromatic nitrogens is 5. The minimum absolute atomic E-state index is 0.139. The van der Waals surface area contributed by atoms with E-state index >= 15 is 0 Å². The molecule has 3 fully saturated rings. The van der Waals surface area contributed by atoms with Crippen LogP contribution in [0.2, 0.25) is 0 Å². The van der Waals surface area contributed by atoms with Gasteiger partial charge in [0.05, 0.1) is 11.6 Å². The lowest BCUT2D eigenvalue weighted by Gasteiger charge is -2.38. The first kappa shape index (κ1) is 36.8. The summed E-state index contributed by atoms with van der Waals surface area (Å²) < 4.78 is 17.5. The van der Waals surface area contributed by atoms with Crippen LogP contribution in [0, 0.1) is 11.7 Å². The lowest BCUT2D eigenvalue weighted by Crippen LogP contribution is -2.52. The van der Waals surface area contributed by atoms with E-state index in [-0.39, 0.29) is 47.6 Å². The van der Waals surface area contributed by atoms with Crippen LogP contribution in [-0.4, -0.2) is 96.6 Å². The van der Waals surface area contributed by atoms with E-state index in [1.165, 1.54) is 12.1 Å². The molecule has 2 N–H and O–H groups in total. The molecule has 0 saturated carbocycles. The maximum atomic E-state index is 13.9. The summed E-state index contributed by atoms with van der Waals surface area (Å²) in [7, 11) is 0. The van der Waals surface area contributed by atoms with Gasteiger partial charge in [0.1, 0.15) is 17.6 Å². The SMILES string of the molecule is O=C1CCC(N2Cc3ccc(N4CCC(CN5CCC(n6cc7cc(NC(=O)c8ccc9nccn9n8)c(-c8ccc(F)cc8)cc7n6)CC5)CC4)cc3C2=O)C(=O)N1. The van der Waals surface area contributed by atoms with Crippen LogP contribution < -0.4 is 15.5 Å². The van der Waals surface area contributed by atoms with Gasteiger partial charge in [-0.15, -0.1) is 0 Å². The van der Waals surface area contributed by atoms with Crippen LogP contribution in [0.3, 0.4) is 0 Å². The number of benzene rings is 3. The molecule has 7 heterocycles. The number of nitrogens with zero attached hydrogens (tertiary/aromatic N) is 8. The van der Waals surface area contributed by atoms with Crippen LogP contribution in [0.1, 0.15) is 71.0 Å². The van der Waals surface area contributed by atoms with E-state index in [1.807, 2.05) is 24.3 Å². The normalized spacial score (nSPS) is 19.5. The molecule has 1 unspecified atom stereocenters. The highest BCUT2D eigenvalue weighted by molar-refractivity contribution is 6.07. The third kappa shape index (κ3) is 7.19. The first-order chi connectivity index (χ1) is 28.7. The number of fused-ring (bicyclic) bond motifs is 3. The summed E-state index contributed by atoms with van der Waals surface area (Å²) in [5.74, 6) is -0.930. The first-order valence-electron chi connectivity index (χ1n) is 20.4. The van der Waals surface area contributed by atoms with Crippen LogP contribution in [-0.2, 0) is 16.1 Å². The molecule has 1 atom stereocenters. The maximum Gasteiger partial charge on any atom is 0.276 e. The van der Waals surface area contributed by atoms with Crippen LogP contribution in [0.4, 0.5) is 15.8 Å². The molecule has 15 heteroatoms. The maximum absolute atomic E-state index is 13.9. The summed E-state index contributed by atoms with van der Waals surface area (Å²) in [6, 6.07) is 19.2. The van der Waals surface area contributed by atoms with Gasteiger partial charge in [-0.05, 0) is 97.7 Å². The second-order valence-corrected chi connectivity index (χ2v) is 16.2. The van der Waals surface area contributed by atoms with Crippen molar-refractivity contribution in [3.8, 4) is 11.1 Å². The van der Waals surface area contributed by atoms with Crippen LogP contribution >= 0.6 is 0 Å². The zero-order chi connectivity index (χ0) is 40.2. The fraction of sp³-hybridized carbons (Fsp3) is 0.341. The molecule has 3 aromatic heterocycles. The fourth-order valence-electron chi connectivity index (χ4n) is 9.22. The average molecular weight is 795 g/mol. The standard InChI is InChI=1S/C44H43FN10O4/c45-31-4-1-28(2-5-31)34-23-37-30(21-38(34)47-42(57)36-7-9-40-46-15-20-54(40)49-36)26-55(50-37)32-13-16-51(17-14-32)24-27-11-18-52(19-12-27)33-6-3-29-25-53(44(59)35(29)22-33)39-8-10-41(56)48-43(39)58/h1-7,9,15,20-23,26-27,32,39H,8,10-14,16-19,24-25H2,(H,47,57)(H,48,56,58). The smallest absolute Gasteiger partial charge is 0.276 e. The van der Waals surface area contributed by atoms with Crippen molar-refractivity contribution in [3.05, 3.63) is 108 Å². The number of piperidine rings is 3. The molecule has 4 aliphatic rings. The van der Waals surface area contributed by atoms with E-state index in [0.717, 1.165) is 91.7 Å². The molecule has 3 aromatic carbocycles. The van der Waals surface area contributed by atoms with Crippen molar-refractivity contribution in [2.24, 2.45) is 5.92 Å². The van der Waals surface area contributed by atoms with E-state index in [0.29, 0.717) is 35.8 Å². The lowest BCUT2D eigenvalue weighted by molar-refractivity contribution is -0.136. The molecule has 0 spiro atoms. The van der Waals surface area contributed by atoms with E-state index in [4.69, 9.17) is 5.10 Å². The summed E-state index contributed by atoms with van der Waals surface area (Å²) >= 11 is 0. The number of nitrogens with one attached hydrogen (secondary N) is 2. The van der Waals surface area contributed by atoms with Crippen molar-refractivity contribution in [1.29, 1.82) is 0 Å². The van der Waals surface area contributed by atoms with Gasteiger partial charge in [-0.25, -0.2) is 13.9 Å². The Labute approximate surface area is 339 Å². The predicted molar refractivity (Wildman–Crippen MR) is 218 cm³/mol. The zero-order valence-corrected chi connectivity index (χ0v) is 32.4. The van der Waals surface area contributed by atoms with Crippen molar-refractivity contribution in [3.63, 3.8) is 0 Å². The van der Waals surface area contributed by atoms with Gasteiger partial charge < -0.3 is 20.0 Å². The zero-order valence-electron chi connectivity index (χ0n) is 32.4. The van der Waals surface area contributed by atoms with Gasteiger partial charge >= 0.3 is 0 Å². The number of halogens is 1. The van der Waals surface area contributed by atoms with Crippen molar-refractivity contribution >= 4 is 51.6 Å². The number of carbonyl (C=O) groups excluding carboxylic acids is 4. The Kier molecular flexibility index (Phi) is 9.39. The van der Waals surface area contributed by atoms with Gasteiger partial charge in [0.15, 0.2) is 5.65 Å². The molecule has 4 amide bonds. The molecule has 0 radical (unpaired) electrons. The number of imide groups is 1. The van der Waals surface area contributed by atoms with Crippen molar-refractivity contribution in [1.82, 2.24) is 39.5 Å². The van der Waals surface area contributed by atoms with E-state index in [9.17, 15) is 23.6 Å². The molecular formula is C44H43FN10O4. The predicted octanol–water partition coefficient (Wildman–Crippen LogP) is 5.45. The third-order valence-electron chi connectivity index (χ3n) is 12.5. The quantitative estimate of drug-likeness (QED) is 0.192. The summed E-state index contributed by atoms with van der Waals surface area (Å²) in [6.07, 6.45) is 10.1. The van der Waals surface area contributed by atoms with Crippen LogP contribution in [0.15, 0.2) is 85.3 Å². The van der Waals surface area contributed by atoms with Crippen molar-refractivity contribution in [2.75, 3.05) is 42.9 Å². The summed E-state index contributed by atoms with van der Waals surface area (Å²) in [6.45, 7) is 5.24. The fourth-order valence-corrected chi connectivity index (χ4v) is 9.22. The molecule has 14 nitrogen and oxygen atoms in total. The highest BCUT2D eigenvalue weighted by Crippen LogP contribution is 2.36. The summed E-state index contributed by atoms with van der Waals surface area (Å²) in [4.78, 5) is 61.7. The molecule has 0 aliphatic carbocycles. The first-order valence-corrected chi connectivity index (χ1v) is 20.4. The second-order valence-electron chi connectivity index (χ2n) is 16.2. The van der Waals surface area contributed by atoms with Gasteiger partial charge in [0.2, 0.25) is 11.8 Å². The van der Waals surface area contributed by atoms with Crippen LogP contribution in [0.5, 0.6) is 0 Å². The minimum atomic E-state index is -0.610. The molecule has 59 heavy (non-hydrogen) atoms. The highest BCUT2D eigenvalue weighted by atomic mass is 19.1. The van der Waals surface area contributed by atoms with Gasteiger partial charge in [-0.1, -0.05) is 18.2 Å². The monoisotopic (exact) mass is 794 g/mol. The van der Waals surface area contributed by atoms with Crippen molar-refractivity contribution in [2.45, 2.75) is 57.2 Å². The van der Waals surface area contributed by atoms with Gasteiger partial charge in [0.25, 0.3) is 11.8 Å². The Morgan fingerprint density at radius 1 is 0.864 bits per heavy atom. The number of anilines is 2. The number of imidazole rings is 1. The summed E-state index contributed by atoms with van der Waals surface area (Å²) in [5.41, 5.74) is 6.39. The molecule has 6 aromatic rings. The summed E-state index contributed by atoms with van der Waals surface area (Å²) in [5, 5.41) is 15.7. The minimum Gasteiger partial charge on any atom is -0.371 e. The number of hydrogen-bond donors (Lipinski definition) is 2. The number of carbonyl (C=O) groups is 4. The Hall–Kier alpha value is -6.48. The molecule has 4 aliphatic heterocycles. The number of amides is 4. The average Bonchev–Trinajstić information content (AvgIpc) is 3.98. The molecule has 300 valence electrons. The molecule has 0 bridgehead atoms. The lowest BCUT2D eigenvalue weighted by atomic mass is 9.94. The van der Waals surface area contributed by atoms with Gasteiger partial charge in [0, 0.05) is 92.2 Å². The number of hydrogen-bond acceptors (Lipinski definition) is 9. The Bertz CT molecular complexity index is 2620. The van der Waals surface area contributed by atoms with E-state index in [1.54, 1.807) is 46.1 Å². The highest BCUT2D eigenvalue weighted by Gasteiger charge is 2.39. The van der Waals surface area contributed by atoms with Gasteiger partial charge in [-0.2, -0.15) is 10.2 Å². The van der Waals surface area contributed by atoms with E-state index in [2.05, 4.69) is 47.5 Å². The second kappa shape index (κ2) is 15.0. The van der Waals surface area contributed by atoms with E-state index < -0.39 is 6.04 Å². The Morgan fingerprint density at radius 3 is 2.47 bits per heavy atom. The molecule has 10 rings (SSSR count). The van der Waals surface area contributed by atoms with Crippen molar-refractivity contribution < 1.29 is 23.6 Å². The molecular weight excluding hydrogens is 752 g/mol. The molecule has 3 saturated heterocycles. The number of likely N-dealkylation sites (tertiary alicyclic amines) is 1.